The quantitative estimate of drug-likeness (QED) is 0.898. The van der Waals surface area contributed by atoms with E-state index in [-0.39, 0.29) is 12.2 Å². The molecule has 2 atom stereocenters. The van der Waals surface area contributed by atoms with E-state index in [0.29, 0.717) is 0 Å². The molecule has 1 saturated carbocycles. The van der Waals surface area contributed by atoms with Crippen molar-refractivity contribution in [2.45, 2.75) is 44.4 Å². The van der Waals surface area contributed by atoms with Crippen molar-refractivity contribution in [1.29, 1.82) is 0 Å². The molecule has 2 N–H and O–H groups in total. The molecule has 0 heterocycles. The minimum absolute atomic E-state index is 0.0759. The van der Waals surface area contributed by atoms with E-state index in [0.717, 1.165) is 48.0 Å². The maximum atomic E-state index is 9.99. The Kier molecular flexibility index (Phi) is 5.03. The average Bonchev–Trinajstić information content (AvgIpc) is 2.36. The number of aliphatic hydroxyl groups is 1. The smallest absolute Gasteiger partial charge is 0.138 e. The molecule has 100 valence electrons. The largest absolute Gasteiger partial charge is 0.486 e. The first-order valence-corrected chi connectivity index (χ1v) is 7.28. The lowest BCUT2D eigenvalue weighted by atomic mass is 9.95. The van der Waals surface area contributed by atoms with E-state index in [1.807, 2.05) is 25.2 Å². The Morgan fingerprint density at radius 1 is 1.39 bits per heavy atom. The number of para-hydroxylation sites is 1. The Morgan fingerprint density at radius 2 is 2.17 bits per heavy atom. The van der Waals surface area contributed by atoms with E-state index in [4.69, 9.17) is 4.74 Å². The predicted octanol–water partition coefficient (Wildman–Crippen LogP) is 2.85. The van der Waals surface area contributed by atoms with Crippen LogP contribution in [0.1, 0.15) is 31.2 Å². The molecule has 1 aromatic rings. The molecule has 0 saturated heterocycles. The Labute approximate surface area is 117 Å². The summed E-state index contributed by atoms with van der Waals surface area (Å²) in [5.41, 5.74) is 1.12. The van der Waals surface area contributed by atoms with E-state index in [2.05, 4.69) is 21.2 Å². The third-order valence-electron chi connectivity index (χ3n) is 3.35. The van der Waals surface area contributed by atoms with Gasteiger partial charge in [-0.15, -0.1) is 0 Å². The molecule has 0 aromatic heterocycles. The number of hydrogen-bond donors (Lipinski definition) is 2. The van der Waals surface area contributed by atoms with Crippen molar-refractivity contribution in [3.63, 3.8) is 0 Å². The summed E-state index contributed by atoms with van der Waals surface area (Å²) >= 11 is 3.53. The first-order valence-electron chi connectivity index (χ1n) is 6.49. The normalized spacial score (nSPS) is 23.9. The molecule has 1 fully saturated rings. The molecule has 2 rings (SSSR count). The zero-order valence-corrected chi connectivity index (χ0v) is 12.2. The van der Waals surface area contributed by atoms with E-state index in [1.54, 1.807) is 0 Å². The van der Waals surface area contributed by atoms with Gasteiger partial charge in [0.1, 0.15) is 11.9 Å². The van der Waals surface area contributed by atoms with Gasteiger partial charge in [0, 0.05) is 12.1 Å². The van der Waals surface area contributed by atoms with Crippen LogP contribution in [0.5, 0.6) is 5.75 Å². The Morgan fingerprint density at radius 3 is 2.89 bits per heavy atom. The highest BCUT2D eigenvalue weighted by atomic mass is 79.9. The number of ether oxygens (including phenoxy) is 1. The molecule has 1 aromatic carbocycles. The fraction of sp³-hybridized carbons (Fsp3) is 0.571. The molecule has 4 heteroatoms. The molecule has 0 bridgehead atoms. The first-order chi connectivity index (χ1) is 8.72. The van der Waals surface area contributed by atoms with Crippen molar-refractivity contribution in [2.24, 2.45) is 0 Å². The minimum atomic E-state index is -0.340. The molecule has 0 spiro atoms. The van der Waals surface area contributed by atoms with Crippen molar-refractivity contribution in [2.75, 3.05) is 7.05 Å². The van der Waals surface area contributed by atoms with Crippen molar-refractivity contribution in [3.05, 3.63) is 28.2 Å². The number of aliphatic hydroxyl groups excluding tert-OH is 1. The number of rotatable bonds is 4. The summed E-state index contributed by atoms with van der Waals surface area (Å²) in [6.07, 6.45) is 3.59. The average molecular weight is 314 g/mol. The van der Waals surface area contributed by atoms with Crippen LogP contribution in [0.25, 0.3) is 0 Å². The fourth-order valence-corrected chi connectivity index (χ4v) is 2.88. The van der Waals surface area contributed by atoms with Crippen LogP contribution >= 0.6 is 15.9 Å². The van der Waals surface area contributed by atoms with Crippen LogP contribution in [0, 0.1) is 0 Å². The van der Waals surface area contributed by atoms with Gasteiger partial charge in [-0.25, -0.2) is 0 Å². The zero-order chi connectivity index (χ0) is 13.0. The lowest BCUT2D eigenvalue weighted by molar-refractivity contribution is 0.00597. The van der Waals surface area contributed by atoms with Gasteiger partial charge in [0.25, 0.3) is 0 Å². The van der Waals surface area contributed by atoms with Crippen LogP contribution in [0.2, 0.25) is 0 Å². The summed E-state index contributed by atoms with van der Waals surface area (Å²) in [7, 11) is 1.92. The maximum absolute atomic E-state index is 9.99. The molecule has 2 unspecified atom stereocenters. The van der Waals surface area contributed by atoms with Crippen LogP contribution in [0.3, 0.4) is 0 Å². The molecule has 0 amide bonds. The van der Waals surface area contributed by atoms with Crippen molar-refractivity contribution >= 4 is 15.9 Å². The highest BCUT2D eigenvalue weighted by molar-refractivity contribution is 9.10. The highest BCUT2D eigenvalue weighted by Crippen LogP contribution is 2.32. The van der Waals surface area contributed by atoms with Crippen LogP contribution in [-0.4, -0.2) is 24.4 Å². The fourth-order valence-electron chi connectivity index (χ4n) is 2.38. The molecule has 0 radical (unpaired) electrons. The van der Waals surface area contributed by atoms with Gasteiger partial charge in [0.2, 0.25) is 0 Å². The van der Waals surface area contributed by atoms with E-state index in [1.165, 1.54) is 0 Å². The predicted molar refractivity (Wildman–Crippen MR) is 75.8 cm³/mol. The molecular formula is C14H20BrNO2. The standard InChI is InChI=1S/C14H20BrNO2/c1-16-9-10-5-4-6-11(15)14(10)18-13-8-3-2-7-12(13)17/h4-6,12-13,16-17H,2-3,7-9H2,1H3. The number of halogens is 1. The number of benzene rings is 1. The summed E-state index contributed by atoms with van der Waals surface area (Å²) in [6, 6.07) is 6.02. The lowest BCUT2D eigenvalue weighted by Gasteiger charge is -2.29. The summed E-state index contributed by atoms with van der Waals surface area (Å²) in [4.78, 5) is 0. The van der Waals surface area contributed by atoms with Gasteiger partial charge in [-0.3, -0.25) is 0 Å². The third-order valence-corrected chi connectivity index (χ3v) is 3.98. The van der Waals surface area contributed by atoms with Crippen LogP contribution in [0.4, 0.5) is 0 Å². The minimum Gasteiger partial charge on any atom is -0.486 e. The highest BCUT2D eigenvalue weighted by Gasteiger charge is 2.26. The zero-order valence-electron chi connectivity index (χ0n) is 10.7. The molecule has 3 nitrogen and oxygen atoms in total. The second kappa shape index (κ2) is 6.55. The van der Waals surface area contributed by atoms with Gasteiger partial charge in [0.15, 0.2) is 0 Å². The summed E-state index contributed by atoms with van der Waals surface area (Å²) in [5, 5.41) is 13.1. The van der Waals surface area contributed by atoms with Gasteiger partial charge >= 0.3 is 0 Å². The van der Waals surface area contributed by atoms with E-state index >= 15 is 0 Å². The second-order valence-electron chi connectivity index (χ2n) is 4.77. The summed E-state index contributed by atoms with van der Waals surface area (Å²) in [5.74, 6) is 0.859. The van der Waals surface area contributed by atoms with E-state index in [9.17, 15) is 5.11 Å². The topological polar surface area (TPSA) is 41.5 Å². The third kappa shape index (κ3) is 3.25. The summed E-state index contributed by atoms with van der Waals surface area (Å²) in [6.45, 7) is 0.761. The van der Waals surface area contributed by atoms with Crippen LogP contribution < -0.4 is 10.1 Å². The lowest BCUT2D eigenvalue weighted by Crippen LogP contribution is -2.35. The SMILES string of the molecule is CNCc1cccc(Br)c1OC1CCCCC1O. The number of nitrogens with one attached hydrogen (secondary N) is 1. The first kappa shape index (κ1) is 13.8. The van der Waals surface area contributed by atoms with Gasteiger partial charge in [-0.05, 0) is 48.3 Å². The van der Waals surface area contributed by atoms with Gasteiger partial charge < -0.3 is 15.2 Å². The van der Waals surface area contributed by atoms with Crippen molar-refractivity contribution in [1.82, 2.24) is 5.32 Å². The Hall–Kier alpha value is -0.580. The molecular weight excluding hydrogens is 294 g/mol. The van der Waals surface area contributed by atoms with Gasteiger partial charge in [-0.1, -0.05) is 18.6 Å². The second-order valence-corrected chi connectivity index (χ2v) is 5.62. The molecule has 1 aliphatic rings. The van der Waals surface area contributed by atoms with Gasteiger partial charge in [0.05, 0.1) is 10.6 Å². The Bertz CT molecular complexity index is 397. The molecule has 1 aliphatic carbocycles. The van der Waals surface area contributed by atoms with Crippen LogP contribution in [0.15, 0.2) is 22.7 Å². The van der Waals surface area contributed by atoms with Crippen molar-refractivity contribution in [3.8, 4) is 5.75 Å². The van der Waals surface area contributed by atoms with Crippen LogP contribution in [-0.2, 0) is 6.54 Å². The van der Waals surface area contributed by atoms with E-state index < -0.39 is 0 Å². The van der Waals surface area contributed by atoms with Gasteiger partial charge in [-0.2, -0.15) is 0 Å². The van der Waals surface area contributed by atoms with Crippen molar-refractivity contribution < 1.29 is 9.84 Å². The maximum Gasteiger partial charge on any atom is 0.138 e. The Balaban J connectivity index is 2.16. The molecule has 0 aliphatic heterocycles. The summed E-state index contributed by atoms with van der Waals surface area (Å²) < 4.78 is 7.00. The molecule has 18 heavy (non-hydrogen) atoms. The number of hydrogen-bond acceptors (Lipinski definition) is 3. The monoisotopic (exact) mass is 313 g/mol.